The molecule has 2 aromatic rings. The molecule has 0 aliphatic rings. The minimum absolute atomic E-state index is 0.253. The Balaban J connectivity index is 2.13. The topological polar surface area (TPSA) is 50.4 Å². The van der Waals surface area contributed by atoms with Gasteiger partial charge in [0.2, 0.25) is 0 Å². The van der Waals surface area contributed by atoms with E-state index in [1.807, 2.05) is 45.0 Å². The highest BCUT2D eigenvalue weighted by molar-refractivity contribution is 14.1. The predicted molar refractivity (Wildman–Crippen MR) is 110 cm³/mol. The van der Waals surface area contributed by atoms with Crippen LogP contribution in [0.4, 0.5) is 5.69 Å². The van der Waals surface area contributed by atoms with Crippen LogP contribution < -0.4 is 15.4 Å². The Kier molecular flexibility index (Phi) is 6.17. The lowest BCUT2D eigenvalue weighted by Crippen LogP contribution is -2.34. The molecule has 0 bridgehead atoms. The number of hydrogen-bond donors (Lipinski definition) is 2. The Labute approximate surface area is 161 Å². The molecule has 2 aromatic carbocycles. The maximum atomic E-state index is 12.4. The quantitative estimate of drug-likeness (QED) is 0.535. The standard InChI is InChI=1S/C18H19IN2O2S/c1-10-6-5-7-14(16(10)23-4)17(22)21-18(24)20-13-8-11(2)15(19)12(3)9-13/h5-9H,1-4H3,(H2,20,21,22,24). The average Bonchev–Trinajstić information content (AvgIpc) is 2.52. The van der Waals surface area contributed by atoms with Gasteiger partial charge in [-0.3, -0.25) is 10.1 Å². The van der Waals surface area contributed by atoms with Crippen LogP contribution in [-0.4, -0.2) is 18.1 Å². The number of carbonyl (C=O) groups excluding carboxylic acids is 1. The monoisotopic (exact) mass is 454 g/mol. The summed E-state index contributed by atoms with van der Waals surface area (Å²) in [5.74, 6) is 0.255. The summed E-state index contributed by atoms with van der Waals surface area (Å²) < 4.78 is 6.54. The van der Waals surface area contributed by atoms with Gasteiger partial charge in [0.15, 0.2) is 5.11 Å². The Morgan fingerprint density at radius 2 is 1.75 bits per heavy atom. The van der Waals surface area contributed by atoms with Crippen molar-refractivity contribution in [1.29, 1.82) is 0 Å². The first-order chi connectivity index (χ1) is 11.3. The molecular formula is C18H19IN2O2S. The molecule has 0 saturated carbocycles. The number of thiocarbonyl (C=S) groups is 1. The lowest BCUT2D eigenvalue weighted by Gasteiger charge is -2.14. The van der Waals surface area contributed by atoms with Crippen molar-refractivity contribution in [1.82, 2.24) is 5.32 Å². The number of methoxy groups -OCH3 is 1. The van der Waals surface area contributed by atoms with Crippen molar-refractivity contribution in [3.8, 4) is 5.75 Å². The lowest BCUT2D eigenvalue weighted by atomic mass is 10.1. The van der Waals surface area contributed by atoms with E-state index in [-0.39, 0.29) is 11.0 Å². The van der Waals surface area contributed by atoms with Gasteiger partial charge in [-0.2, -0.15) is 0 Å². The summed E-state index contributed by atoms with van der Waals surface area (Å²) in [5.41, 5.74) is 4.52. The number of halogens is 1. The van der Waals surface area contributed by atoms with E-state index < -0.39 is 0 Å². The summed E-state index contributed by atoms with van der Waals surface area (Å²) >= 11 is 7.57. The van der Waals surface area contributed by atoms with Gasteiger partial charge in [-0.25, -0.2) is 0 Å². The van der Waals surface area contributed by atoms with Crippen LogP contribution in [0, 0.1) is 24.3 Å². The van der Waals surface area contributed by atoms with E-state index in [1.165, 1.54) is 3.57 Å². The second-order valence-electron chi connectivity index (χ2n) is 5.49. The first-order valence-corrected chi connectivity index (χ1v) is 8.85. The Bertz CT molecular complexity index is 783. The highest BCUT2D eigenvalue weighted by Crippen LogP contribution is 2.23. The first kappa shape index (κ1) is 18.7. The number of aryl methyl sites for hydroxylation is 3. The minimum Gasteiger partial charge on any atom is -0.496 e. The molecule has 0 radical (unpaired) electrons. The van der Waals surface area contributed by atoms with Crippen LogP contribution in [0.15, 0.2) is 30.3 Å². The number of carbonyl (C=O) groups is 1. The molecule has 0 aliphatic heterocycles. The predicted octanol–water partition coefficient (Wildman–Crippen LogP) is 4.35. The minimum atomic E-state index is -0.299. The van der Waals surface area contributed by atoms with E-state index in [0.29, 0.717) is 11.3 Å². The number of ether oxygens (including phenoxy) is 1. The maximum absolute atomic E-state index is 12.4. The van der Waals surface area contributed by atoms with Crippen molar-refractivity contribution >= 4 is 51.5 Å². The van der Waals surface area contributed by atoms with Gasteiger partial charge in [0.1, 0.15) is 5.75 Å². The summed E-state index contributed by atoms with van der Waals surface area (Å²) in [6.07, 6.45) is 0. The fourth-order valence-corrected chi connectivity index (χ4v) is 2.98. The number of nitrogens with one attached hydrogen (secondary N) is 2. The van der Waals surface area contributed by atoms with E-state index in [1.54, 1.807) is 13.2 Å². The van der Waals surface area contributed by atoms with Crippen molar-refractivity contribution in [2.24, 2.45) is 0 Å². The van der Waals surface area contributed by atoms with Gasteiger partial charge >= 0.3 is 0 Å². The van der Waals surface area contributed by atoms with Crippen molar-refractivity contribution < 1.29 is 9.53 Å². The molecule has 2 N–H and O–H groups in total. The Morgan fingerprint density at radius 3 is 2.33 bits per heavy atom. The molecule has 0 unspecified atom stereocenters. The van der Waals surface area contributed by atoms with Crippen LogP contribution in [-0.2, 0) is 0 Å². The average molecular weight is 454 g/mol. The van der Waals surface area contributed by atoms with Crippen molar-refractivity contribution in [2.75, 3.05) is 12.4 Å². The van der Waals surface area contributed by atoms with E-state index in [4.69, 9.17) is 17.0 Å². The first-order valence-electron chi connectivity index (χ1n) is 7.36. The van der Waals surface area contributed by atoms with Gasteiger partial charge in [-0.15, -0.1) is 0 Å². The van der Waals surface area contributed by atoms with Crippen molar-refractivity contribution in [3.63, 3.8) is 0 Å². The molecule has 0 aliphatic carbocycles. The molecule has 0 atom stereocenters. The molecule has 0 saturated heterocycles. The molecule has 4 nitrogen and oxygen atoms in total. The van der Waals surface area contributed by atoms with Gasteiger partial charge in [0.05, 0.1) is 12.7 Å². The second kappa shape index (κ2) is 7.94. The van der Waals surface area contributed by atoms with Crippen molar-refractivity contribution in [3.05, 3.63) is 56.2 Å². The number of anilines is 1. The SMILES string of the molecule is COc1c(C)cccc1C(=O)NC(=S)Nc1cc(C)c(I)c(C)c1. The molecule has 126 valence electrons. The van der Waals surface area contributed by atoms with E-state index in [2.05, 4.69) is 33.2 Å². The number of amides is 1. The maximum Gasteiger partial charge on any atom is 0.261 e. The highest BCUT2D eigenvalue weighted by atomic mass is 127. The lowest BCUT2D eigenvalue weighted by molar-refractivity contribution is 0.0974. The molecular weight excluding hydrogens is 435 g/mol. The fourth-order valence-electron chi connectivity index (χ4n) is 2.45. The molecule has 0 fully saturated rings. The Morgan fingerprint density at radius 1 is 1.12 bits per heavy atom. The second-order valence-corrected chi connectivity index (χ2v) is 6.97. The number of para-hydroxylation sites is 1. The zero-order valence-corrected chi connectivity index (χ0v) is 17.0. The van der Waals surface area contributed by atoms with E-state index >= 15 is 0 Å². The van der Waals surface area contributed by atoms with Crippen LogP contribution in [0.25, 0.3) is 0 Å². The van der Waals surface area contributed by atoms with Crippen molar-refractivity contribution in [2.45, 2.75) is 20.8 Å². The van der Waals surface area contributed by atoms with Gasteiger partial charge in [-0.1, -0.05) is 12.1 Å². The van der Waals surface area contributed by atoms with Crippen LogP contribution in [0.5, 0.6) is 5.75 Å². The summed E-state index contributed by atoms with van der Waals surface area (Å²) in [7, 11) is 1.55. The third-order valence-electron chi connectivity index (χ3n) is 3.58. The third-order valence-corrected chi connectivity index (χ3v) is 5.49. The Hall–Kier alpha value is -1.67. The van der Waals surface area contributed by atoms with Crippen LogP contribution >= 0.6 is 34.8 Å². The molecule has 6 heteroatoms. The molecule has 2 rings (SSSR count). The van der Waals surface area contributed by atoms with Crippen LogP contribution in [0.3, 0.4) is 0 Å². The van der Waals surface area contributed by atoms with E-state index in [0.717, 1.165) is 22.4 Å². The number of benzene rings is 2. The van der Waals surface area contributed by atoms with Crippen LogP contribution in [0.1, 0.15) is 27.0 Å². The summed E-state index contributed by atoms with van der Waals surface area (Å²) in [6.45, 7) is 5.97. The number of hydrogen-bond acceptors (Lipinski definition) is 3. The molecule has 0 aromatic heterocycles. The molecule has 24 heavy (non-hydrogen) atoms. The van der Waals surface area contributed by atoms with Gasteiger partial charge < -0.3 is 10.1 Å². The zero-order chi connectivity index (χ0) is 17.9. The molecule has 0 heterocycles. The molecule has 0 spiro atoms. The fraction of sp³-hybridized carbons (Fsp3) is 0.222. The summed E-state index contributed by atoms with van der Waals surface area (Å²) in [5, 5.41) is 6.01. The summed E-state index contributed by atoms with van der Waals surface area (Å²) in [6, 6.07) is 9.42. The number of rotatable bonds is 3. The summed E-state index contributed by atoms with van der Waals surface area (Å²) in [4.78, 5) is 12.4. The van der Waals surface area contributed by atoms with Gasteiger partial charge in [0.25, 0.3) is 5.91 Å². The highest BCUT2D eigenvalue weighted by Gasteiger charge is 2.15. The van der Waals surface area contributed by atoms with Gasteiger partial charge in [0, 0.05) is 9.26 Å². The van der Waals surface area contributed by atoms with Crippen LogP contribution in [0.2, 0.25) is 0 Å². The van der Waals surface area contributed by atoms with E-state index in [9.17, 15) is 4.79 Å². The zero-order valence-electron chi connectivity index (χ0n) is 14.0. The van der Waals surface area contributed by atoms with Gasteiger partial charge in [-0.05, 0) is 90.5 Å². The smallest absolute Gasteiger partial charge is 0.261 e. The third kappa shape index (κ3) is 4.24. The largest absolute Gasteiger partial charge is 0.496 e. The normalized spacial score (nSPS) is 10.2. The molecule has 1 amide bonds.